The van der Waals surface area contributed by atoms with Crippen molar-refractivity contribution in [1.29, 1.82) is 4.78 Å². The third-order valence-corrected chi connectivity index (χ3v) is 15.4. The number of benzene rings is 3. The highest BCUT2D eigenvalue weighted by Gasteiger charge is 2.59. The zero-order chi connectivity index (χ0) is 44.1. The number of ether oxygens (including phenoxy) is 1. The molecule has 4 aromatic heterocycles. The molecule has 2 N–H and O–H groups in total. The minimum absolute atomic E-state index is 0.0169. The van der Waals surface area contributed by atoms with Crippen molar-refractivity contribution in [2.45, 2.75) is 82.7 Å². The Morgan fingerprint density at radius 2 is 1.68 bits per heavy atom. The van der Waals surface area contributed by atoms with E-state index >= 15 is 9.18 Å². The number of H-pyrrole nitrogens is 1. The summed E-state index contributed by atoms with van der Waals surface area (Å²) < 4.78 is 53.4. The number of imidazole rings is 1. The molecule has 0 spiro atoms. The van der Waals surface area contributed by atoms with Crippen molar-refractivity contribution < 1.29 is 22.7 Å². The quantitative estimate of drug-likeness (QED) is 0.155. The van der Waals surface area contributed by atoms with Gasteiger partial charge in [-0.1, -0.05) is 25.1 Å². The molecule has 0 bridgehead atoms. The lowest BCUT2D eigenvalue weighted by atomic mass is 9.91. The second-order valence-electron chi connectivity index (χ2n) is 17.2. The lowest BCUT2D eigenvalue weighted by Gasteiger charge is -2.34. The fraction of sp³-hybridized carbons (Fsp3) is 0.370. The van der Waals surface area contributed by atoms with Crippen LogP contribution in [0.3, 0.4) is 0 Å². The molecular weight excluding hydrogens is 826 g/mol. The second kappa shape index (κ2) is 14.9. The Labute approximate surface area is 362 Å². The Morgan fingerprint density at radius 3 is 2.33 bits per heavy atom. The lowest BCUT2D eigenvalue weighted by molar-refractivity contribution is 0.0663. The van der Waals surface area contributed by atoms with Gasteiger partial charge in [-0.25, -0.2) is 27.6 Å². The number of hydrogen-bond donors (Lipinski definition) is 2. The van der Waals surface area contributed by atoms with Gasteiger partial charge in [-0.3, -0.25) is 23.4 Å². The van der Waals surface area contributed by atoms with Gasteiger partial charge in [0.1, 0.15) is 22.9 Å². The number of halogens is 1. The first-order chi connectivity index (χ1) is 30.2. The predicted molar refractivity (Wildman–Crippen MR) is 233 cm³/mol. The van der Waals surface area contributed by atoms with Crippen LogP contribution in [0.2, 0.25) is 0 Å². The van der Waals surface area contributed by atoms with E-state index in [2.05, 4.69) is 35.3 Å². The number of amides is 1. The molecule has 10 rings (SSSR count). The van der Waals surface area contributed by atoms with Crippen LogP contribution in [0.4, 0.5) is 4.39 Å². The molecule has 2 aliphatic heterocycles. The Bertz CT molecular complexity index is 3180. The Hall–Kier alpha value is -6.33. The number of fused-ring (bicyclic) bond motifs is 2. The van der Waals surface area contributed by atoms with Crippen LogP contribution < -0.4 is 11.4 Å². The SMILES string of the molecule is CC[S@](=N)(=O)c1ccc(-n2ccn(-c3c4c(nn3-c3cc(C)c(F)c(C)c3)CCN(C(=O)c3cc5cc(C6CCOCC6)ccc5n3[C@@]3(c5noc(=O)[nH]5)C[C@@H]3C)[C@H]4C)c2=O)cc1. The fourth-order valence-corrected chi connectivity index (χ4v) is 10.9. The van der Waals surface area contributed by atoms with Crippen LogP contribution in [0.25, 0.3) is 28.1 Å². The van der Waals surface area contributed by atoms with Crippen molar-refractivity contribution in [3.05, 3.63) is 139 Å². The van der Waals surface area contributed by atoms with E-state index < -0.39 is 32.8 Å². The Kier molecular flexibility index (Phi) is 9.63. The van der Waals surface area contributed by atoms with Crippen LogP contribution in [0.15, 0.2) is 92.1 Å². The highest BCUT2D eigenvalue weighted by atomic mass is 32.2. The van der Waals surface area contributed by atoms with Gasteiger partial charge in [0.2, 0.25) is 0 Å². The monoisotopic (exact) mass is 873 g/mol. The fourth-order valence-electron chi connectivity index (χ4n) is 9.94. The molecular formula is C46H48FN9O6S. The molecule has 3 aliphatic rings. The molecule has 2 fully saturated rings. The van der Waals surface area contributed by atoms with Gasteiger partial charge in [-0.15, -0.1) is 0 Å². The summed E-state index contributed by atoms with van der Waals surface area (Å²) in [4.78, 5) is 47.4. The van der Waals surface area contributed by atoms with Gasteiger partial charge >= 0.3 is 11.4 Å². The smallest absolute Gasteiger partial charge is 0.381 e. The maximum absolute atomic E-state index is 15.4. The number of nitrogens with zero attached hydrogens (tertiary/aromatic N) is 7. The van der Waals surface area contributed by atoms with Gasteiger partial charge < -0.3 is 14.2 Å². The third-order valence-electron chi connectivity index (χ3n) is 13.5. The predicted octanol–water partition coefficient (Wildman–Crippen LogP) is 7.06. The van der Waals surface area contributed by atoms with E-state index in [0.717, 1.165) is 23.7 Å². The summed E-state index contributed by atoms with van der Waals surface area (Å²) in [6, 6.07) is 17.6. The molecule has 0 radical (unpaired) electrons. The number of carbonyl (C=O) groups excluding carboxylic acids is 1. The summed E-state index contributed by atoms with van der Waals surface area (Å²) >= 11 is 0. The molecule has 3 aromatic carbocycles. The number of carbonyl (C=O) groups is 1. The molecule has 6 heterocycles. The summed E-state index contributed by atoms with van der Waals surface area (Å²) in [5.41, 5.74) is 4.46. The summed E-state index contributed by atoms with van der Waals surface area (Å²) in [6.07, 6.45) is 6.09. The number of aromatic nitrogens is 7. The van der Waals surface area contributed by atoms with Gasteiger partial charge in [-0.2, -0.15) is 5.10 Å². The van der Waals surface area contributed by atoms with E-state index in [4.69, 9.17) is 19.1 Å². The number of aromatic amines is 1. The van der Waals surface area contributed by atoms with E-state index in [0.29, 0.717) is 94.5 Å². The minimum atomic E-state index is -2.96. The van der Waals surface area contributed by atoms with Crippen molar-refractivity contribution in [2.75, 3.05) is 25.5 Å². The molecule has 0 unspecified atom stereocenters. The zero-order valence-corrected chi connectivity index (χ0v) is 36.5. The summed E-state index contributed by atoms with van der Waals surface area (Å²) in [5, 5.41) is 10.1. The van der Waals surface area contributed by atoms with Gasteiger partial charge in [0.05, 0.1) is 32.8 Å². The molecule has 1 saturated heterocycles. The molecule has 15 nitrogen and oxygen atoms in total. The zero-order valence-electron chi connectivity index (χ0n) is 35.7. The Balaban J connectivity index is 1.11. The molecule has 63 heavy (non-hydrogen) atoms. The van der Waals surface area contributed by atoms with Gasteiger partial charge in [0.25, 0.3) is 5.91 Å². The van der Waals surface area contributed by atoms with Crippen molar-refractivity contribution in [3.63, 3.8) is 0 Å². The van der Waals surface area contributed by atoms with Crippen LogP contribution in [0, 0.1) is 30.4 Å². The summed E-state index contributed by atoms with van der Waals surface area (Å²) in [6.45, 7) is 10.8. The maximum atomic E-state index is 15.4. The van der Waals surface area contributed by atoms with Crippen molar-refractivity contribution in [2.24, 2.45) is 5.92 Å². The van der Waals surface area contributed by atoms with E-state index in [9.17, 15) is 13.8 Å². The topological polar surface area (TPSA) is 179 Å². The average Bonchev–Trinajstić information content (AvgIpc) is 3.78. The number of aryl methyl sites for hydroxylation is 2. The lowest BCUT2D eigenvalue weighted by Crippen LogP contribution is -2.41. The summed E-state index contributed by atoms with van der Waals surface area (Å²) in [5.74, 6) is 0.0469. The van der Waals surface area contributed by atoms with Gasteiger partial charge in [-0.05, 0) is 123 Å². The largest absolute Gasteiger partial charge is 0.438 e. The molecule has 7 aromatic rings. The first kappa shape index (κ1) is 40.7. The van der Waals surface area contributed by atoms with Gasteiger partial charge in [0.15, 0.2) is 5.82 Å². The molecule has 17 heteroatoms. The maximum Gasteiger partial charge on any atom is 0.438 e. The van der Waals surface area contributed by atoms with Crippen molar-refractivity contribution >= 4 is 26.5 Å². The second-order valence-corrected chi connectivity index (χ2v) is 19.6. The van der Waals surface area contributed by atoms with E-state index in [1.807, 2.05) is 22.5 Å². The van der Waals surface area contributed by atoms with Crippen LogP contribution in [-0.4, -0.2) is 74.1 Å². The highest BCUT2D eigenvalue weighted by molar-refractivity contribution is 7.92. The highest BCUT2D eigenvalue weighted by Crippen LogP contribution is 2.56. The van der Waals surface area contributed by atoms with Crippen molar-refractivity contribution in [1.82, 2.24) is 38.5 Å². The number of rotatable bonds is 9. The molecule has 326 valence electrons. The van der Waals surface area contributed by atoms with Crippen LogP contribution in [0.5, 0.6) is 0 Å². The summed E-state index contributed by atoms with van der Waals surface area (Å²) in [7, 11) is -2.96. The molecule has 1 saturated carbocycles. The van der Waals surface area contributed by atoms with E-state index in [1.54, 1.807) is 74.2 Å². The van der Waals surface area contributed by atoms with Crippen LogP contribution in [0.1, 0.15) is 96.3 Å². The van der Waals surface area contributed by atoms with Gasteiger partial charge in [0, 0.05) is 65.7 Å². The van der Waals surface area contributed by atoms with Crippen LogP contribution in [-0.2, 0) is 26.4 Å². The van der Waals surface area contributed by atoms with Crippen molar-refractivity contribution in [3.8, 4) is 17.2 Å². The standard InChI is InChI=1S/C46H48FN9O6S/c1-6-63(48,60)35-10-8-33(9-11-35)53-17-18-54(45(53)59)41-39-29(5)52(16-13-36(39)50-56(41)34-21-26(2)40(47)27(3)22-34)42(57)38-24-32-23-31(30-14-19-61-20-15-30)7-12-37(32)55(38)46(25-28(46)4)43-49-44(58)62-51-43/h7-12,17-18,21-24,28-30,48H,6,13-16,19-20,25H2,1-5H3,(H,49,51,58)/t28-,29-,46-,63-/m0/s1. The normalized spacial score (nSPS) is 21.1. The first-order valence-corrected chi connectivity index (χ1v) is 23.1. The minimum Gasteiger partial charge on any atom is -0.381 e. The van der Waals surface area contributed by atoms with E-state index in [1.165, 1.54) is 14.7 Å². The van der Waals surface area contributed by atoms with Crippen LogP contribution >= 0.6 is 0 Å². The molecule has 4 atom stereocenters. The van der Waals surface area contributed by atoms with E-state index in [-0.39, 0.29) is 23.4 Å². The third kappa shape index (κ3) is 6.45. The first-order valence-electron chi connectivity index (χ1n) is 21.4. The average molecular weight is 874 g/mol. The number of hydrogen-bond acceptors (Lipinski definition) is 9. The molecule has 1 amide bonds. The molecule has 1 aliphatic carbocycles. The Morgan fingerprint density at radius 1 is 0.984 bits per heavy atom. The number of nitrogens with one attached hydrogen (secondary N) is 2.